The molecular weight excluding hydrogens is 130 g/mol. The van der Waals surface area contributed by atoms with Crippen LogP contribution in [0.5, 0.6) is 0 Å². The minimum atomic E-state index is 0.0405. The van der Waals surface area contributed by atoms with Crippen molar-refractivity contribution in [1.82, 2.24) is 4.98 Å². The summed E-state index contributed by atoms with van der Waals surface area (Å²) in [6.07, 6.45) is 3.50. The van der Waals surface area contributed by atoms with Gasteiger partial charge in [0.2, 0.25) is 0 Å². The number of pyridine rings is 1. The summed E-state index contributed by atoms with van der Waals surface area (Å²) in [6, 6.07) is 3.83. The van der Waals surface area contributed by atoms with Gasteiger partial charge in [-0.2, -0.15) is 12.6 Å². The normalized spacial score (nSPS) is 13.1. The monoisotopic (exact) mass is 138 g/mol. The van der Waals surface area contributed by atoms with Gasteiger partial charge in [0.05, 0.1) is 0 Å². The molecule has 1 radical (unpaired) electrons. The number of hydrogen-bond donors (Lipinski definition) is 1. The Morgan fingerprint density at radius 3 is 2.78 bits per heavy atom. The van der Waals surface area contributed by atoms with E-state index in [0.717, 1.165) is 5.56 Å². The predicted octanol–water partition coefficient (Wildman–Crippen LogP) is 1.89. The summed E-state index contributed by atoms with van der Waals surface area (Å²) in [5, 5.41) is 0.0405. The molecule has 0 spiro atoms. The number of thiol groups is 1. The van der Waals surface area contributed by atoms with Gasteiger partial charge in [-0.15, -0.1) is 0 Å². The highest BCUT2D eigenvalue weighted by molar-refractivity contribution is 7.80. The molecular formula is C7H8NS. The molecule has 9 heavy (non-hydrogen) atoms. The first-order valence-corrected chi connectivity index (χ1v) is 3.23. The quantitative estimate of drug-likeness (QED) is 0.585. The molecule has 1 aromatic rings. The lowest BCUT2D eigenvalue weighted by Gasteiger charge is -1.99. The molecule has 2 heteroatoms. The van der Waals surface area contributed by atoms with Gasteiger partial charge in [0, 0.05) is 17.6 Å². The van der Waals surface area contributed by atoms with Crippen molar-refractivity contribution in [3.63, 3.8) is 0 Å². The number of rotatable bonds is 1. The number of nitrogens with zero attached hydrogens (tertiary/aromatic N) is 1. The first-order chi connectivity index (χ1) is 4.30. The lowest BCUT2D eigenvalue weighted by Crippen LogP contribution is -1.83. The molecule has 0 aliphatic heterocycles. The minimum absolute atomic E-state index is 0.0405. The van der Waals surface area contributed by atoms with Crippen molar-refractivity contribution in [1.29, 1.82) is 0 Å². The maximum absolute atomic E-state index is 4.14. The van der Waals surface area contributed by atoms with E-state index in [2.05, 4.69) is 24.5 Å². The van der Waals surface area contributed by atoms with Crippen LogP contribution in [0.3, 0.4) is 0 Å². The summed E-state index contributed by atoms with van der Waals surface area (Å²) in [5.41, 5.74) is 1.06. The second-order valence-corrected chi connectivity index (χ2v) is 2.43. The fraction of sp³-hybridized carbons (Fsp3) is 0.143. The predicted molar refractivity (Wildman–Crippen MR) is 41.3 cm³/mol. The number of aromatic nitrogens is 1. The first-order valence-electron chi connectivity index (χ1n) is 2.72. The third-order valence-corrected chi connectivity index (χ3v) is 1.37. The van der Waals surface area contributed by atoms with Gasteiger partial charge < -0.3 is 0 Å². The highest BCUT2D eigenvalue weighted by atomic mass is 32.1. The van der Waals surface area contributed by atoms with Gasteiger partial charge in [0.15, 0.2) is 0 Å². The molecule has 1 rings (SSSR count). The first kappa shape index (κ1) is 6.62. The van der Waals surface area contributed by atoms with Crippen LogP contribution in [0.25, 0.3) is 0 Å². The molecule has 1 heterocycles. The van der Waals surface area contributed by atoms with Gasteiger partial charge in [-0.3, -0.25) is 4.98 Å². The van der Waals surface area contributed by atoms with Gasteiger partial charge in [0.25, 0.3) is 0 Å². The highest BCUT2D eigenvalue weighted by Gasteiger charge is 1.95. The van der Waals surface area contributed by atoms with Crippen LogP contribution >= 0.6 is 12.6 Å². The molecule has 0 saturated carbocycles. The van der Waals surface area contributed by atoms with Crippen molar-refractivity contribution < 1.29 is 0 Å². The van der Waals surface area contributed by atoms with Crippen molar-refractivity contribution in [3.8, 4) is 0 Å². The van der Waals surface area contributed by atoms with Gasteiger partial charge >= 0.3 is 0 Å². The third kappa shape index (κ3) is 1.72. The van der Waals surface area contributed by atoms with E-state index >= 15 is 0 Å². The van der Waals surface area contributed by atoms with Crippen LogP contribution in [0.1, 0.15) is 10.8 Å². The fourth-order valence-corrected chi connectivity index (χ4v) is 0.726. The summed E-state index contributed by atoms with van der Waals surface area (Å²) in [6.45, 7) is 3.73. The Labute approximate surface area is 60.5 Å². The van der Waals surface area contributed by atoms with E-state index in [1.54, 1.807) is 12.4 Å². The molecule has 0 bridgehead atoms. The van der Waals surface area contributed by atoms with Gasteiger partial charge in [-0.25, -0.2) is 0 Å². The lowest BCUT2D eigenvalue weighted by atomic mass is 10.2. The fourth-order valence-electron chi connectivity index (χ4n) is 0.573. The smallest absolute Gasteiger partial charge is 0.0311 e. The average molecular weight is 138 g/mol. The van der Waals surface area contributed by atoms with Gasteiger partial charge in [0.1, 0.15) is 0 Å². The molecule has 0 amide bonds. The van der Waals surface area contributed by atoms with E-state index < -0.39 is 0 Å². The zero-order valence-corrected chi connectivity index (χ0v) is 5.88. The maximum Gasteiger partial charge on any atom is 0.0311 e. The molecule has 1 nitrogen and oxygen atoms in total. The Hall–Kier alpha value is -0.500. The van der Waals surface area contributed by atoms with Crippen molar-refractivity contribution in [3.05, 3.63) is 37.0 Å². The van der Waals surface area contributed by atoms with Gasteiger partial charge in [-0.05, 0) is 18.6 Å². The van der Waals surface area contributed by atoms with E-state index in [1.165, 1.54) is 0 Å². The van der Waals surface area contributed by atoms with Crippen molar-refractivity contribution >= 4 is 12.6 Å². The SMILES string of the molecule is [CH2]C(S)c1cccnc1. The van der Waals surface area contributed by atoms with Crippen molar-refractivity contribution in [2.75, 3.05) is 0 Å². The van der Waals surface area contributed by atoms with Crippen molar-refractivity contribution in [2.45, 2.75) is 5.25 Å². The Kier molecular flexibility index (Phi) is 2.11. The average Bonchev–Trinajstić information content (AvgIpc) is 1.90. The zero-order chi connectivity index (χ0) is 6.69. The standard InChI is InChI=1S/C7H8NS/c1-6(9)7-3-2-4-8-5-7/h2-6,9H,1H2. The Bertz CT molecular complexity index is 172. The summed E-state index contributed by atoms with van der Waals surface area (Å²) >= 11 is 4.14. The van der Waals surface area contributed by atoms with Crippen LogP contribution in [0.2, 0.25) is 0 Å². The molecule has 1 atom stereocenters. The Morgan fingerprint density at radius 2 is 2.44 bits per heavy atom. The van der Waals surface area contributed by atoms with E-state index in [-0.39, 0.29) is 5.25 Å². The van der Waals surface area contributed by atoms with Crippen LogP contribution < -0.4 is 0 Å². The molecule has 0 saturated heterocycles. The molecule has 47 valence electrons. The van der Waals surface area contributed by atoms with Crippen molar-refractivity contribution in [2.24, 2.45) is 0 Å². The molecule has 0 N–H and O–H groups in total. The van der Waals surface area contributed by atoms with Crippen LogP contribution in [0, 0.1) is 6.92 Å². The molecule has 0 fully saturated rings. The molecule has 0 aliphatic carbocycles. The Morgan fingerprint density at radius 1 is 1.67 bits per heavy atom. The van der Waals surface area contributed by atoms with Crippen LogP contribution in [0.15, 0.2) is 24.5 Å². The largest absolute Gasteiger partial charge is 0.264 e. The third-order valence-electron chi connectivity index (χ3n) is 1.07. The Balaban J connectivity index is 2.85. The molecule has 0 aliphatic rings. The summed E-state index contributed by atoms with van der Waals surface area (Å²) in [4.78, 5) is 3.92. The second kappa shape index (κ2) is 2.87. The molecule has 1 unspecified atom stereocenters. The zero-order valence-electron chi connectivity index (χ0n) is 4.99. The van der Waals surface area contributed by atoms with Crippen LogP contribution in [0.4, 0.5) is 0 Å². The highest BCUT2D eigenvalue weighted by Crippen LogP contribution is 2.15. The summed E-state index contributed by atoms with van der Waals surface area (Å²) in [5.74, 6) is 0. The molecule has 0 aromatic carbocycles. The topological polar surface area (TPSA) is 12.9 Å². The van der Waals surface area contributed by atoms with E-state index in [1.807, 2.05) is 12.1 Å². The van der Waals surface area contributed by atoms with E-state index in [4.69, 9.17) is 0 Å². The minimum Gasteiger partial charge on any atom is -0.264 e. The number of hydrogen-bond acceptors (Lipinski definition) is 2. The van der Waals surface area contributed by atoms with Crippen LogP contribution in [-0.2, 0) is 0 Å². The second-order valence-electron chi connectivity index (χ2n) is 1.80. The summed E-state index contributed by atoms with van der Waals surface area (Å²) in [7, 11) is 0. The molecule has 1 aromatic heterocycles. The lowest BCUT2D eigenvalue weighted by molar-refractivity contribution is 1.17. The van der Waals surface area contributed by atoms with Crippen LogP contribution in [-0.4, -0.2) is 4.98 Å². The maximum atomic E-state index is 4.14. The van der Waals surface area contributed by atoms with E-state index in [0.29, 0.717) is 0 Å². The van der Waals surface area contributed by atoms with Gasteiger partial charge in [-0.1, -0.05) is 6.07 Å². The van der Waals surface area contributed by atoms with E-state index in [9.17, 15) is 0 Å². The summed E-state index contributed by atoms with van der Waals surface area (Å²) < 4.78 is 0.